The van der Waals surface area contributed by atoms with Gasteiger partial charge in [0.15, 0.2) is 0 Å². The van der Waals surface area contributed by atoms with Crippen LogP contribution in [0, 0.1) is 5.92 Å². The number of likely N-dealkylation sites (N-methyl/N-ethyl adjacent to an activating group) is 1. The van der Waals surface area contributed by atoms with Crippen LogP contribution in [0.5, 0.6) is 0 Å². The van der Waals surface area contributed by atoms with Gasteiger partial charge in [0.2, 0.25) is 0 Å². The number of carboxylic acids is 1. The molecule has 2 aliphatic heterocycles. The lowest BCUT2D eigenvalue weighted by Gasteiger charge is -2.31. The highest BCUT2D eigenvalue weighted by Crippen LogP contribution is 2.21. The summed E-state index contributed by atoms with van der Waals surface area (Å²) >= 11 is 1.86. The third-order valence-electron chi connectivity index (χ3n) is 3.66. The summed E-state index contributed by atoms with van der Waals surface area (Å²) in [7, 11) is 1.68. The van der Waals surface area contributed by atoms with Crippen molar-refractivity contribution >= 4 is 23.8 Å². The van der Waals surface area contributed by atoms with Gasteiger partial charge in [-0.1, -0.05) is 0 Å². The van der Waals surface area contributed by atoms with Crippen molar-refractivity contribution in [2.24, 2.45) is 5.92 Å². The summed E-state index contributed by atoms with van der Waals surface area (Å²) in [5.41, 5.74) is 0. The Kier molecular flexibility index (Phi) is 4.93. The fourth-order valence-electron chi connectivity index (χ4n) is 2.46. The molecule has 2 aliphatic rings. The van der Waals surface area contributed by atoms with Crippen LogP contribution >= 0.6 is 11.8 Å². The van der Waals surface area contributed by atoms with Crippen LogP contribution in [0.3, 0.4) is 0 Å². The summed E-state index contributed by atoms with van der Waals surface area (Å²) in [4.78, 5) is 26.9. The SMILES string of the molecule is CN(C(=O)N1CCCSCC1)C1COCC1C(=O)O. The van der Waals surface area contributed by atoms with Crippen LogP contribution in [-0.4, -0.2) is 77.8 Å². The predicted octanol–water partition coefficient (Wildman–Crippen LogP) is 0.577. The van der Waals surface area contributed by atoms with Gasteiger partial charge in [0, 0.05) is 25.9 Å². The number of carbonyl (C=O) groups excluding carboxylic acids is 1. The summed E-state index contributed by atoms with van der Waals surface area (Å²) < 4.78 is 5.22. The van der Waals surface area contributed by atoms with Crippen LogP contribution in [0.4, 0.5) is 4.79 Å². The van der Waals surface area contributed by atoms with E-state index in [1.165, 1.54) is 0 Å². The first kappa shape index (κ1) is 14.5. The van der Waals surface area contributed by atoms with Crippen LogP contribution in [-0.2, 0) is 9.53 Å². The molecule has 2 unspecified atom stereocenters. The molecule has 0 aromatic carbocycles. The zero-order valence-corrected chi connectivity index (χ0v) is 11.9. The van der Waals surface area contributed by atoms with Crippen molar-refractivity contribution in [1.29, 1.82) is 0 Å². The molecule has 2 heterocycles. The van der Waals surface area contributed by atoms with E-state index >= 15 is 0 Å². The molecule has 0 spiro atoms. The quantitative estimate of drug-likeness (QED) is 0.805. The lowest BCUT2D eigenvalue weighted by atomic mass is 10.0. The number of aliphatic carboxylic acids is 1. The van der Waals surface area contributed by atoms with Gasteiger partial charge in [-0.2, -0.15) is 11.8 Å². The first-order valence-corrected chi connectivity index (χ1v) is 7.66. The number of amides is 2. The lowest BCUT2D eigenvalue weighted by molar-refractivity contribution is -0.142. The van der Waals surface area contributed by atoms with Gasteiger partial charge in [-0.05, 0) is 12.2 Å². The van der Waals surface area contributed by atoms with Crippen molar-refractivity contribution in [1.82, 2.24) is 9.80 Å². The molecule has 2 atom stereocenters. The van der Waals surface area contributed by atoms with Gasteiger partial charge < -0.3 is 19.6 Å². The highest BCUT2D eigenvalue weighted by atomic mass is 32.2. The third kappa shape index (κ3) is 3.33. The number of carboxylic acid groups (broad SMARTS) is 1. The van der Waals surface area contributed by atoms with Gasteiger partial charge in [0.25, 0.3) is 0 Å². The molecule has 1 N–H and O–H groups in total. The van der Waals surface area contributed by atoms with Crippen molar-refractivity contribution in [2.75, 3.05) is 44.9 Å². The van der Waals surface area contributed by atoms with Gasteiger partial charge in [-0.15, -0.1) is 0 Å². The minimum Gasteiger partial charge on any atom is -0.481 e. The molecule has 0 bridgehead atoms. The van der Waals surface area contributed by atoms with E-state index in [1.807, 2.05) is 16.7 Å². The Balaban J connectivity index is 1.99. The van der Waals surface area contributed by atoms with Crippen LogP contribution in [0.15, 0.2) is 0 Å². The average Bonchev–Trinajstić information content (AvgIpc) is 2.73. The molecule has 2 fully saturated rings. The lowest BCUT2D eigenvalue weighted by Crippen LogP contribution is -2.50. The molecular weight excluding hydrogens is 268 g/mol. The Morgan fingerprint density at radius 1 is 1.32 bits per heavy atom. The number of thioether (sulfide) groups is 1. The predicted molar refractivity (Wildman–Crippen MR) is 72.4 cm³/mol. The van der Waals surface area contributed by atoms with Crippen molar-refractivity contribution in [3.8, 4) is 0 Å². The second-order valence-corrected chi connectivity index (χ2v) is 6.12. The fourth-order valence-corrected chi connectivity index (χ4v) is 3.35. The van der Waals surface area contributed by atoms with E-state index in [0.29, 0.717) is 6.61 Å². The van der Waals surface area contributed by atoms with E-state index in [-0.39, 0.29) is 18.7 Å². The number of carbonyl (C=O) groups is 2. The number of hydrogen-bond acceptors (Lipinski definition) is 4. The van der Waals surface area contributed by atoms with E-state index in [9.17, 15) is 9.59 Å². The molecule has 6 nitrogen and oxygen atoms in total. The summed E-state index contributed by atoms with van der Waals surface area (Å²) in [6.45, 7) is 1.98. The molecule has 0 aromatic heterocycles. The molecule has 0 radical (unpaired) electrons. The normalized spacial score (nSPS) is 27.9. The highest BCUT2D eigenvalue weighted by Gasteiger charge is 2.39. The molecule has 19 heavy (non-hydrogen) atoms. The highest BCUT2D eigenvalue weighted by molar-refractivity contribution is 7.99. The zero-order valence-electron chi connectivity index (χ0n) is 11.1. The monoisotopic (exact) mass is 288 g/mol. The Labute approximate surface area is 117 Å². The minimum absolute atomic E-state index is 0.0794. The van der Waals surface area contributed by atoms with Crippen molar-refractivity contribution in [3.63, 3.8) is 0 Å². The van der Waals surface area contributed by atoms with E-state index < -0.39 is 11.9 Å². The first-order chi connectivity index (χ1) is 9.11. The van der Waals surface area contributed by atoms with Crippen LogP contribution in [0.25, 0.3) is 0 Å². The number of nitrogens with zero attached hydrogens (tertiary/aromatic N) is 2. The fraction of sp³-hybridized carbons (Fsp3) is 0.833. The maximum atomic E-state index is 12.4. The minimum atomic E-state index is -0.895. The maximum absolute atomic E-state index is 12.4. The summed E-state index contributed by atoms with van der Waals surface area (Å²) in [6.07, 6.45) is 0.994. The molecule has 2 saturated heterocycles. The molecule has 7 heteroatoms. The number of urea groups is 1. The zero-order chi connectivity index (χ0) is 13.8. The summed E-state index contributed by atoms with van der Waals surface area (Å²) in [5.74, 6) is 0.518. The van der Waals surface area contributed by atoms with Gasteiger partial charge in [0.1, 0.15) is 5.92 Å². The summed E-state index contributed by atoms with van der Waals surface area (Å²) in [6, 6.07) is -0.440. The third-order valence-corrected chi connectivity index (χ3v) is 4.71. The maximum Gasteiger partial charge on any atom is 0.320 e. The average molecular weight is 288 g/mol. The van der Waals surface area contributed by atoms with Crippen molar-refractivity contribution in [2.45, 2.75) is 12.5 Å². The Morgan fingerprint density at radius 2 is 2.11 bits per heavy atom. The van der Waals surface area contributed by atoms with Crippen molar-refractivity contribution in [3.05, 3.63) is 0 Å². The number of hydrogen-bond donors (Lipinski definition) is 1. The van der Waals surface area contributed by atoms with E-state index in [0.717, 1.165) is 31.0 Å². The Morgan fingerprint density at radius 3 is 2.84 bits per heavy atom. The van der Waals surface area contributed by atoms with Crippen LogP contribution in [0.1, 0.15) is 6.42 Å². The molecule has 0 aliphatic carbocycles. The van der Waals surface area contributed by atoms with Gasteiger partial charge in [-0.3, -0.25) is 4.79 Å². The van der Waals surface area contributed by atoms with E-state index in [4.69, 9.17) is 9.84 Å². The van der Waals surface area contributed by atoms with Gasteiger partial charge in [0.05, 0.1) is 19.3 Å². The first-order valence-electron chi connectivity index (χ1n) is 6.51. The van der Waals surface area contributed by atoms with E-state index in [1.54, 1.807) is 11.9 Å². The second-order valence-electron chi connectivity index (χ2n) is 4.90. The van der Waals surface area contributed by atoms with Crippen molar-refractivity contribution < 1.29 is 19.4 Å². The van der Waals surface area contributed by atoms with E-state index in [2.05, 4.69) is 0 Å². The Hall–Kier alpha value is -0.950. The molecule has 0 saturated carbocycles. The largest absolute Gasteiger partial charge is 0.481 e. The smallest absolute Gasteiger partial charge is 0.320 e. The topological polar surface area (TPSA) is 70.1 Å². The number of ether oxygens (including phenoxy) is 1. The standard InChI is InChI=1S/C12H20N2O4S/c1-13(10-8-18-7-9(10)11(15)16)12(17)14-3-2-5-19-6-4-14/h9-10H,2-8H2,1H3,(H,15,16). The molecule has 0 aromatic rings. The second kappa shape index (κ2) is 6.47. The van der Waals surface area contributed by atoms with Crippen LogP contribution < -0.4 is 0 Å². The number of rotatable bonds is 2. The van der Waals surface area contributed by atoms with Gasteiger partial charge in [-0.25, -0.2) is 4.79 Å². The van der Waals surface area contributed by atoms with Crippen LogP contribution in [0.2, 0.25) is 0 Å². The molecule has 108 valence electrons. The Bertz CT molecular complexity index is 345. The molecular formula is C12H20N2O4S. The van der Waals surface area contributed by atoms with Gasteiger partial charge >= 0.3 is 12.0 Å². The molecule has 2 amide bonds. The summed E-state index contributed by atoms with van der Waals surface area (Å²) in [5, 5.41) is 9.13. The molecule has 2 rings (SSSR count).